The van der Waals surface area contributed by atoms with Gasteiger partial charge in [0.2, 0.25) is 0 Å². The van der Waals surface area contributed by atoms with Crippen LogP contribution in [0.2, 0.25) is 0 Å². The number of benzene rings is 3. The van der Waals surface area contributed by atoms with Crippen molar-refractivity contribution in [2.24, 2.45) is 0 Å². The van der Waals surface area contributed by atoms with Crippen molar-refractivity contribution < 1.29 is 35.1 Å². The minimum Gasteiger partial charge on any atom is -0.207 e. The van der Waals surface area contributed by atoms with Crippen LogP contribution in [0.15, 0.2) is 24.3 Å². The molecule has 0 aliphatic rings. The molecule has 3 aromatic carbocycles. The molecule has 30 heavy (non-hydrogen) atoms. The molecule has 0 saturated carbocycles. The van der Waals surface area contributed by atoms with Gasteiger partial charge in [-0.3, -0.25) is 0 Å². The molecule has 156 valence electrons. The highest BCUT2D eigenvalue weighted by molar-refractivity contribution is 6.96. The smallest absolute Gasteiger partial charge is 0.207 e. The van der Waals surface area contributed by atoms with Crippen LogP contribution in [0, 0.1) is 67.3 Å². The van der Waals surface area contributed by atoms with Gasteiger partial charge in [0.1, 0.15) is 23.3 Å². The Balaban J connectivity index is 2.54. The zero-order valence-electron chi connectivity index (χ0n) is 15.9. The van der Waals surface area contributed by atoms with Crippen LogP contribution in [0.1, 0.15) is 16.7 Å². The minimum absolute atomic E-state index is 0.113. The van der Waals surface area contributed by atoms with Crippen molar-refractivity contribution in [3.05, 3.63) is 87.5 Å². The van der Waals surface area contributed by atoms with Crippen LogP contribution in [-0.2, 0) is 0 Å². The summed E-state index contributed by atoms with van der Waals surface area (Å²) in [6.07, 6.45) is 0. The maximum absolute atomic E-state index is 14.9. The predicted molar refractivity (Wildman–Crippen MR) is 97.9 cm³/mol. The lowest BCUT2D eigenvalue weighted by Crippen LogP contribution is -2.59. The quantitative estimate of drug-likeness (QED) is 0.333. The van der Waals surface area contributed by atoms with E-state index in [1.807, 2.05) is 0 Å². The molecule has 0 unspecified atom stereocenters. The van der Waals surface area contributed by atoms with E-state index in [0.29, 0.717) is 0 Å². The van der Waals surface area contributed by atoms with E-state index in [-0.39, 0.29) is 17.7 Å². The third-order valence-corrected chi connectivity index (χ3v) is 5.09. The summed E-state index contributed by atoms with van der Waals surface area (Å²) in [6.45, 7) is 1.05. The average molecular weight is 428 g/mol. The Labute approximate surface area is 167 Å². The normalized spacial score (nSPS) is 11.2. The number of hydrogen-bond donors (Lipinski definition) is 0. The summed E-state index contributed by atoms with van der Waals surface area (Å²) >= 11 is 0. The summed E-state index contributed by atoms with van der Waals surface area (Å²) in [7, 11) is 0. The van der Waals surface area contributed by atoms with E-state index in [0.717, 1.165) is 26.0 Å². The van der Waals surface area contributed by atoms with Crippen molar-refractivity contribution in [3.8, 4) is 0 Å². The third-order valence-electron chi connectivity index (χ3n) is 5.09. The highest BCUT2D eigenvalue weighted by Gasteiger charge is 2.38. The summed E-state index contributed by atoms with van der Waals surface area (Å²) in [6, 6.07) is 2.17. The Hall–Kier alpha value is -2.84. The molecule has 0 fully saturated rings. The van der Waals surface area contributed by atoms with Crippen molar-refractivity contribution in [2.45, 2.75) is 20.8 Å². The van der Waals surface area contributed by atoms with Crippen LogP contribution in [-0.4, -0.2) is 6.71 Å². The van der Waals surface area contributed by atoms with Crippen molar-refractivity contribution in [2.75, 3.05) is 0 Å². The van der Waals surface area contributed by atoms with E-state index >= 15 is 0 Å². The number of aryl methyl sites for hydroxylation is 1. The predicted octanol–water partition coefficient (Wildman–Crippen LogP) is 4.24. The van der Waals surface area contributed by atoms with E-state index < -0.39 is 80.8 Å². The zero-order chi connectivity index (χ0) is 22.5. The van der Waals surface area contributed by atoms with Crippen molar-refractivity contribution >= 4 is 23.1 Å². The molecule has 0 heterocycles. The van der Waals surface area contributed by atoms with Gasteiger partial charge in [0.05, 0.1) is 0 Å². The van der Waals surface area contributed by atoms with Crippen LogP contribution in [0.5, 0.6) is 0 Å². The highest BCUT2D eigenvalue weighted by atomic mass is 19.2. The second-order valence-electron chi connectivity index (χ2n) is 6.91. The highest BCUT2D eigenvalue weighted by Crippen LogP contribution is 2.19. The standard InChI is InChI=1S/C21H13BF8/c1-8-4-5-11(23)18(19(8)28)22(16-9(2)20(29)14(26)6-12(16)24)17-10(3)21(30)15(27)7-13(17)25/h4-7H,1-3H3. The molecular formula is C21H13BF8. The van der Waals surface area contributed by atoms with E-state index in [1.54, 1.807) is 0 Å². The Morgan fingerprint density at radius 2 is 0.933 bits per heavy atom. The fourth-order valence-electron chi connectivity index (χ4n) is 3.54. The topological polar surface area (TPSA) is 0 Å². The zero-order valence-corrected chi connectivity index (χ0v) is 15.9. The SMILES string of the molecule is Cc1ccc(F)c(B(c2c(F)cc(F)c(F)c2C)c2c(F)cc(F)c(F)c2C)c1F. The van der Waals surface area contributed by atoms with Gasteiger partial charge in [0.15, 0.2) is 23.3 Å². The van der Waals surface area contributed by atoms with Crippen molar-refractivity contribution in [1.29, 1.82) is 0 Å². The van der Waals surface area contributed by atoms with Crippen LogP contribution >= 0.6 is 0 Å². The molecular weight excluding hydrogens is 415 g/mol. The second kappa shape index (κ2) is 7.77. The van der Waals surface area contributed by atoms with Gasteiger partial charge in [0.25, 0.3) is 6.71 Å². The van der Waals surface area contributed by atoms with Gasteiger partial charge in [-0.1, -0.05) is 6.07 Å². The molecule has 3 aromatic rings. The molecule has 0 aliphatic carbocycles. The van der Waals surface area contributed by atoms with Gasteiger partial charge in [-0.2, -0.15) is 0 Å². The lowest BCUT2D eigenvalue weighted by molar-refractivity contribution is 0.491. The Bertz CT molecular complexity index is 1110. The monoisotopic (exact) mass is 428 g/mol. The van der Waals surface area contributed by atoms with Crippen molar-refractivity contribution in [3.63, 3.8) is 0 Å². The maximum Gasteiger partial charge on any atom is 0.257 e. The van der Waals surface area contributed by atoms with Gasteiger partial charge in [-0.15, -0.1) is 0 Å². The maximum atomic E-state index is 14.9. The van der Waals surface area contributed by atoms with Gasteiger partial charge in [0, 0.05) is 17.6 Å². The van der Waals surface area contributed by atoms with Crippen LogP contribution in [0.4, 0.5) is 35.1 Å². The number of rotatable bonds is 3. The van der Waals surface area contributed by atoms with E-state index in [1.165, 1.54) is 6.92 Å². The summed E-state index contributed by atoms with van der Waals surface area (Å²) < 4.78 is 115. The van der Waals surface area contributed by atoms with Gasteiger partial charge in [-0.05, 0) is 54.5 Å². The number of hydrogen-bond acceptors (Lipinski definition) is 0. The fraction of sp³-hybridized carbons (Fsp3) is 0.143. The summed E-state index contributed by atoms with van der Waals surface area (Å²) in [5.41, 5.74) is -4.01. The van der Waals surface area contributed by atoms with E-state index in [4.69, 9.17) is 0 Å². The Morgan fingerprint density at radius 1 is 0.500 bits per heavy atom. The van der Waals surface area contributed by atoms with Crippen LogP contribution in [0.25, 0.3) is 0 Å². The second-order valence-corrected chi connectivity index (χ2v) is 6.91. The first-order valence-corrected chi connectivity index (χ1v) is 8.69. The molecule has 0 aliphatic heterocycles. The Morgan fingerprint density at radius 3 is 1.37 bits per heavy atom. The van der Waals surface area contributed by atoms with Crippen LogP contribution in [0.3, 0.4) is 0 Å². The first-order valence-electron chi connectivity index (χ1n) is 8.69. The molecule has 0 aromatic heterocycles. The first kappa shape index (κ1) is 21.9. The molecule has 0 N–H and O–H groups in total. The molecule has 0 bridgehead atoms. The lowest BCUT2D eigenvalue weighted by Gasteiger charge is -2.23. The molecule has 3 rings (SSSR count). The molecule has 9 heteroatoms. The molecule has 0 radical (unpaired) electrons. The summed E-state index contributed by atoms with van der Waals surface area (Å²) in [5, 5.41) is 0. The minimum atomic E-state index is -2.06. The molecule has 0 saturated heterocycles. The molecule has 0 nitrogen and oxygen atoms in total. The molecule has 0 atom stereocenters. The fourth-order valence-corrected chi connectivity index (χ4v) is 3.54. The van der Waals surface area contributed by atoms with Gasteiger partial charge in [-0.25, -0.2) is 35.1 Å². The van der Waals surface area contributed by atoms with Crippen LogP contribution < -0.4 is 16.4 Å². The Kier molecular flexibility index (Phi) is 5.67. The molecule has 0 spiro atoms. The lowest BCUT2D eigenvalue weighted by atomic mass is 9.35. The molecule has 0 amide bonds. The third kappa shape index (κ3) is 3.36. The van der Waals surface area contributed by atoms with Crippen molar-refractivity contribution in [1.82, 2.24) is 0 Å². The van der Waals surface area contributed by atoms with Gasteiger partial charge < -0.3 is 0 Å². The van der Waals surface area contributed by atoms with E-state index in [2.05, 4.69) is 0 Å². The van der Waals surface area contributed by atoms with E-state index in [9.17, 15) is 35.1 Å². The first-order chi connectivity index (χ1) is 14.0. The van der Waals surface area contributed by atoms with Gasteiger partial charge >= 0.3 is 0 Å². The largest absolute Gasteiger partial charge is 0.257 e. The summed E-state index contributed by atoms with van der Waals surface area (Å²) in [4.78, 5) is 0. The number of halogens is 8. The summed E-state index contributed by atoms with van der Waals surface area (Å²) in [5.74, 6) is -11.5. The average Bonchev–Trinajstić information content (AvgIpc) is 2.67.